The molecule has 7 heteroatoms. The molecule has 0 saturated heterocycles. The topological polar surface area (TPSA) is 75.1 Å². The molecule has 130 valence electrons. The zero-order chi connectivity index (χ0) is 17.5. The molecule has 0 bridgehead atoms. The number of nitrogens with one attached hydrogen (secondary N) is 2. The molecule has 1 aromatic heterocycles. The third-order valence-electron chi connectivity index (χ3n) is 3.55. The molecule has 0 amide bonds. The normalized spacial score (nSPS) is 12.6. The molecule has 1 atom stereocenters. The summed E-state index contributed by atoms with van der Waals surface area (Å²) < 4.78 is 10.3. The van der Waals surface area contributed by atoms with E-state index in [1.807, 2.05) is 6.07 Å². The highest BCUT2D eigenvalue weighted by atomic mass is 32.1. The molecule has 0 aliphatic heterocycles. The zero-order valence-corrected chi connectivity index (χ0v) is 15.1. The minimum Gasteiger partial charge on any atom is -0.502 e. The molecule has 1 aromatic carbocycles. The molecule has 1 unspecified atom stereocenters. The van der Waals surface area contributed by atoms with Gasteiger partial charge in [-0.1, -0.05) is 6.07 Å². The lowest BCUT2D eigenvalue weighted by Gasteiger charge is -2.17. The van der Waals surface area contributed by atoms with Gasteiger partial charge < -0.3 is 25.2 Å². The number of hydrogen-bond acceptors (Lipinski definition) is 5. The van der Waals surface area contributed by atoms with Crippen LogP contribution in [0.4, 0.5) is 0 Å². The maximum atomic E-state index is 9.96. The maximum absolute atomic E-state index is 9.96. The highest BCUT2D eigenvalue weighted by molar-refractivity contribution is 7.10. The number of rotatable bonds is 6. The molecule has 0 spiro atoms. The van der Waals surface area contributed by atoms with Gasteiger partial charge in [0, 0.05) is 18.5 Å². The van der Waals surface area contributed by atoms with E-state index >= 15 is 0 Å². The van der Waals surface area contributed by atoms with Gasteiger partial charge in [0.15, 0.2) is 17.5 Å². The van der Waals surface area contributed by atoms with Crippen molar-refractivity contribution in [2.75, 3.05) is 21.3 Å². The monoisotopic (exact) mass is 349 g/mol. The van der Waals surface area contributed by atoms with E-state index in [0.717, 1.165) is 5.56 Å². The number of benzene rings is 1. The number of aromatic hydroxyl groups is 1. The second-order valence-electron chi connectivity index (χ2n) is 5.16. The lowest BCUT2D eigenvalue weighted by atomic mass is 10.2. The van der Waals surface area contributed by atoms with Gasteiger partial charge in [0.05, 0.1) is 20.3 Å². The summed E-state index contributed by atoms with van der Waals surface area (Å²) in [5.41, 5.74) is 0.910. The molecular formula is C17H23N3O3S. The van der Waals surface area contributed by atoms with E-state index in [0.29, 0.717) is 24.0 Å². The van der Waals surface area contributed by atoms with Crippen LogP contribution < -0.4 is 20.1 Å². The first kappa shape index (κ1) is 17.9. The lowest BCUT2D eigenvalue weighted by molar-refractivity contribution is 0.339. The van der Waals surface area contributed by atoms with Gasteiger partial charge in [0.1, 0.15) is 0 Å². The van der Waals surface area contributed by atoms with Crippen LogP contribution in [0.2, 0.25) is 0 Å². The number of thiophene rings is 1. The van der Waals surface area contributed by atoms with Crippen LogP contribution in [-0.2, 0) is 6.54 Å². The summed E-state index contributed by atoms with van der Waals surface area (Å²) in [6.07, 6.45) is 0. The summed E-state index contributed by atoms with van der Waals surface area (Å²) in [7, 11) is 4.75. The Morgan fingerprint density at radius 1 is 1.29 bits per heavy atom. The fraction of sp³-hybridized carbons (Fsp3) is 0.353. The molecule has 2 rings (SSSR count). The molecule has 0 saturated carbocycles. The van der Waals surface area contributed by atoms with Crippen LogP contribution in [0.3, 0.4) is 0 Å². The van der Waals surface area contributed by atoms with E-state index in [1.165, 1.54) is 19.1 Å². The summed E-state index contributed by atoms with van der Waals surface area (Å²) in [5.74, 6) is 1.45. The molecule has 0 radical (unpaired) electrons. The number of methoxy groups -OCH3 is 2. The van der Waals surface area contributed by atoms with Crippen molar-refractivity contribution in [1.82, 2.24) is 10.6 Å². The van der Waals surface area contributed by atoms with Crippen molar-refractivity contribution in [1.29, 1.82) is 0 Å². The van der Waals surface area contributed by atoms with Crippen molar-refractivity contribution >= 4 is 17.3 Å². The highest BCUT2D eigenvalue weighted by Gasteiger charge is 2.12. The molecule has 2 aromatic rings. The van der Waals surface area contributed by atoms with Crippen LogP contribution in [-0.4, -0.2) is 32.3 Å². The zero-order valence-electron chi connectivity index (χ0n) is 14.3. The summed E-state index contributed by atoms with van der Waals surface area (Å²) in [6, 6.07) is 7.82. The average Bonchev–Trinajstić information content (AvgIpc) is 3.14. The van der Waals surface area contributed by atoms with Crippen LogP contribution in [0.25, 0.3) is 0 Å². The first-order valence-electron chi connectivity index (χ1n) is 7.53. The van der Waals surface area contributed by atoms with Gasteiger partial charge in [0.2, 0.25) is 5.75 Å². The molecule has 0 aliphatic carbocycles. The van der Waals surface area contributed by atoms with E-state index in [1.54, 1.807) is 30.5 Å². The van der Waals surface area contributed by atoms with Gasteiger partial charge in [-0.25, -0.2) is 0 Å². The van der Waals surface area contributed by atoms with Crippen molar-refractivity contribution < 1.29 is 14.6 Å². The first-order valence-corrected chi connectivity index (χ1v) is 8.41. The van der Waals surface area contributed by atoms with Crippen molar-refractivity contribution in [3.05, 3.63) is 40.1 Å². The Kier molecular flexibility index (Phi) is 6.31. The third-order valence-corrected chi connectivity index (χ3v) is 4.60. The van der Waals surface area contributed by atoms with Crippen LogP contribution in [0.5, 0.6) is 17.2 Å². The fourth-order valence-electron chi connectivity index (χ4n) is 2.24. The van der Waals surface area contributed by atoms with Gasteiger partial charge in [-0.3, -0.25) is 4.99 Å². The largest absolute Gasteiger partial charge is 0.502 e. The van der Waals surface area contributed by atoms with Crippen molar-refractivity contribution in [2.45, 2.75) is 19.5 Å². The van der Waals surface area contributed by atoms with Crippen LogP contribution >= 0.6 is 11.3 Å². The Labute approximate surface area is 146 Å². The summed E-state index contributed by atoms with van der Waals surface area (Å²) in [4.78, 5) is 5.48. The Balaban J connectivity index is 2.03. The minimum absolute atomic E-state index is 0.00225. The SMILES string of the molecule is CN=C(NCc1cc(OC)c(O)c(OC)c1)NC(C)c1cccs1. The molecule has 3 N–H and O–H groups in total. The number of phenolic OH excluding ortho intramolecular Hbond substituents is 1. The molecule has 6 nitrogen and oxygen atoms in total. The Morgan fingerprint density at radius 2 is 1.96 bits per heavy atom. The van der Waals surface area contributed by atoms with E-state index in [4.69, 9.17) is 9.47 Å². The van der Waals surface area contributed by atoms with Crippen molar-refractivity contribution in [2.24, 2.45) is 4.99 Å². The second kappa shape index (κ2) is 8.44. The lowest BCUT2D eigenvalue weighted by Crippen LogP contribution is -2.38. The number of guanidine groups is 1. The number of aliphatic imine (C=N–C) groups is 1. The minimum atomic E-state index is -0.00225. The number of ether oxygens (including phenoxy) is 2. The van der Waals surface area contributed by atoms with Gasteiger partial charge in [-0.2, -0.15) is 0 Å². The highest BCUT2D eigenvalue weighted by Crippen LogP contribution is 2.37. The van der Waals surface area contributed by atoms with E-state index in [9.17, 15) is 5.11 Å². The summed E-state index contributed by atoms with van der Waals surface area (Å²) in [6.45, 7) is 2.61. The Hall–Kier alpha value is -2.41. The van der Waals surface area contributed by atoms with E-state index in [2.05, 4.69) is 34.0 Å². The number of hydrogen-bond donors (Lipinski definition) is 3. The van der Waals surface area contributed by atoms with Crippen LogP contribution in [0.15, 0.2) is 34.6 Å². The average molecular weight is 349 g/mol. The Morgan fingerprint density at radius 3 is 2.46 bits per heavy atom. The van der Waals surface area contributed by atoms with Crippen LogP contribution in [0, 0.1) is 0 Å². The van der Waals surface area contributed by atoms with Gasteiger partial charge in [-0.15, -0.1) is 11.3 Å². The van der Waals surface area contributed by atoms with E-state index in [-0.39, 0.29) is 11.8 Å². The number of nitrogens with zero attached hydrogens (tertiary/aromatic N) is 1. The molecule has 0 fully saturated rings. The van der Waals surface area contributed by atoms with Crippen molar-refractivity contribution in [3.8, 4) is 17.2 Å². The standard InChI is InChI=1S/C17H23N3O3S/c1-11(15-6-5-7-24-15)20-17(18-2)19-10-12-8-13(22-3)16(21)14(9-12)23-4/h5-9,11,21H,10H2,1-4H3,(H2,18,19,20). The fourth-order valence-corrected chi connectivity index (χ4v) is 2.98. The number of phenols is 1. The summed E-state index contributed by atoms with van der Waals surface area (Å²) >= 11 is 1.70. The second-order valence-corrected chi connectivity index (χ2v) is 6.14. The maximum Gasteiger partial charge on any atom is 0.200 e. The smallest absolute Gasteiger partial charge is 0.200 e. The molecular weight excluding hydrogens is 326 g/mol. The van der Waals surface area contributed by atoms with Gasteiger partial charge in [0.25, 0.3) is 0 Å². The summed E-state index contributed by atoms with van der Waals surface area (Å²) in [5, 5.41) is 18.6. The quantitative estimate of drug-likeness (QED) is 0.552. The van der Waals surface area contributed by atoms with E-state index < -0.39 is 0 Å². The molecule has 1 heterocycles. The molecule has 0 aliphatic rings. The van der Waals surface area contributed by atoms with Gasteiger partial charge >= 0.3 is 0 Å². The van der Waals surface area contributed by atoms with Crippen molar-refractivity contribution in [3.63, 3.8) is 0 Å². The predicted octanol–water partition coefficient (Wildman–Crippen LogP) is 2.90. The Bertz CT molecular complexity index is 661. The first-order chi connectivity index (χ1) is 11.6. The van der Waals surface area contributed by atoms with Crippen LogP contribution in [0.1, 0.15) is 23.4 Å². The third kappa shape index (κ3) is 4.32. The van der Waals surface area contributed by atoms with Gasteiger partial charge in [-0.05, 0) is 36.1 Å². The predicted molar refractivity (Wildman–Crippen MR) is 97.3 cm³/mol. The molecule has 24 heavy (non-hydrogen) atoms.